The van der Waals surface area contributed by atoms with E-state index in [1.54, 1.807) is 28.7 Å². The molecule has 0 spiro atoms. The van der Waals surface area contributed by atoms with Gasteiger partial charge in [0.1, 0.15) is 16.1 Å². The number of imidazole rings is 1. The van der Waals surface area contributed by atoms with Gasteiger partial charge in [-0.2, -0.15) is 0 Å². The molecule has 5 aromatic rings. The van der Waals surface area contributed by atoms with E-state index < -0.39 is 5.97 Å². The van der Waals surface area contributed by atoms with Gasteiger partial charge in [0.15, 0.2) is 4.96 Å². The highest BCUT2D eigenvalue weighted by atomic mass is 35.5. The minimum Gasteiger partial charge on any atom is -0.545 e. The maximum absolute atomic E-state index is 13.0. The van der Waals surface area contributed by atoms with Crippen molar-refractivity contribution in [3.05, 3.63) is 84.8 Å². The van der Waals surface area contributed by atoms with Crippen LogP contribution < -0.4 is 15.2 Å². The summed E-state index contributed by atoms with van der Waals surface area (Å²) in [5.41, 5.74) is 4.09. The molecule has 0 unspecified atom stereocenters. The fourth-order valence-corrected chi connectivity index (χ4v) is 4.63. The zero-order chi connectivity index (χ0) is 21.9. The largest absolute Gasteiger partial charge is 0.545 e. The lowest BCUT2D eigenvalue weighted by atomic mass is 10.1. The van der Waals surface area contributed by atoms with Gasteiger partial charge in [0.25, 0.3) is 5.56 Å². The summed E-state index contributed by atoms with van der Waals surface area (Å²) >= 11 is 7.19. The van der Waals surface area contributed by atoms with E-state index in [1.165, 1.54) is 23.5 Å². The summed E-state index contributed by atoms with van der Waals surface area (Å²) in [6.45, 7) is 4.02. The summed E-state index contributed by atoms with van der Waals surface area (Å²) in [4.78, 5) is 29.4. The zero-order valence-electron chi connectivity index (χ0n) is 16.4. The Labute approximate surface area is 184 Å². The summed E-state index contributed by atoms with van der Waals surface area (Å²) < 4.78 is 7.94. The lowest BCUT2D eigenvalue weighted by molar-refractivity contribution is -0.255. The van der Waals surface area contributed by atoms with E-state index >= 15 is 0 Å². The molecule has 0 saturated heterocycles. The number of benzene rings is 2. The molecule has 0 aliphatic carbocycles. The van der Waals surface area contributed by atoms with Gasteiger partial charge in [-0.3, -0.25) is 4.79 Å². The lowest BCUT2D eigenvalue weighted by Crippen LogP contribution is -2.22. The topological polar surface area (TPSA) is 87.6 Å². The quantitative estimate of drug-likeness (QED) is 0.421. The molecule has 8 heteroatoms. The van der Waals surface area contributed by atoms with Crippen LogP contribution in [0.15, 0.2) is 51.7 Å². The molecule has 0 radical (unpaired) electrons. The summed E-state index contributed by atoms with van der Waals surface area (Å²) in [6, 6.07) is 11.9. The predicted molar refractivity (Wildman–Crippen MR) is 119 cm³/mol. The first-order valence-corrected chi connectivity index (χ1v) is 10.6. The summed E-state index contributed by atoms with van der Waals surface area (Å²) in [6.07, 6.45) is 1.66. The van der Waals surface area contributed by atoms with E-state index in [-0.39, 0.29) is 16.1 Å². The fourth-order valence-electron chi connectivity index (χ4n) is 3.47. The first kappa shape index (κ1) is 19.5. The molecule has 5 rings (SSSR count). The van der Waals surface area contributed by atoms with E-state index in [4.69, 9.17) is 16.0 Å². The first-order chi connectivity index (χ1) is 14.8. The second-order valence-electron chi connectivity index (χ2n) is 7.25. The maximum Gasteiger partial charge on any atom is 0.275 e. The van der Waals surface area contributed by atoms with Gasteiger partial charge in [-0.25, -0.2) is 9.38 Å². The Kier molecular flexibility index (Phi) is 4.46. The third-order valence-electron chi connectivity index (χ3n) is 5.23. The van der Waals surface area contributed by atoms with Crippen LogP contribution in [-0.4, -0.2) is 15.4 Å². The van der Waals surface area contributed by atoms with Crippen LogP contribution in [0.5, 0.6) is 0 Å². The smallest absolute Gasteiger partial charge is 0.275 e. The van der Waals surface area contributed by atoms with Gasteiger partial charge < -0.3 is 14.3 Å². The molecule has 0 aliphatic rings. The molecule has 3 heterocycles. The normalized spacial score (nSPS) is 12.3. The van der Waals surface area contributed by atoms with E-state index in [0.29, 0.717) is 26.6 Å². The lowest BCUT2D eigenvalue weighted by Gasteiger charge is -2.06. The summed E-state index contributed by atoms with van der Waals surface area (Å²) in [7, 11) is 0. The van der Waals surface area contributed by atoms with Gasteiger partial charge >= 0.3 is 0 Å². The Bertz CT molecular complexity index is 1630. The average Bonchev–Trinajstić information content (AvgIpc) is 3.39. The van der Waals surface area contributed by atoms with E-state index in [1.807, 2.05) is 26.0 Å². The number of fused-ring (bicyclic) bond motifs is 3. The molecule has 2 aromatic carbocycles. The van der Waals surface area contributed by atoms with Crippen LogP contribution in [0.2, 0.25) is 5.02 Å². The van der Waals surface area contributed by atoms with Gasteiger partial charge in [0.2, 0.25) is 0 Å². The van der Waals surface area contributed by atoms with Crippen LogP contribution in [0.4, 0.5) is 0 Å². The molecule has 0 aliphatic heterocycles. The monoisotopic (exact) mass is 449 g/mol. The van der Waals surface area contributed by atoms with Crippen LogP contribution in [0, 0.1) is 13.8 Å². The number of carbonyl (C=O) groups excluding carboxylic acids is 1. The van der Waals surface area contributed by atoms with Crippen molar-refractivity contribution in [2.45, 2.75) is 13.8 Å². The first-order valence-electron chi connectivity index (χ1n) is 9.37. The van der Waals surface area contributed by atoms with Gasteiger partial charge in [0.05, 0.1) is 17.0 Å². The number of hydrogen-bond acceptors (Lipinski definition) is 6. The molecule has 0 N–H and O–H groups in total. The van der Waals surface area contributed by atoms with Gasteiger partial charge in [0, 0.05) is 22.2 Å². The van der Waals surface area contributed by atoms with Crippen LogP contribution in [0.3, 0.4) is 0 Å². The van der Waals surface area contributed by atoms with Crippen LogP contribution in [-0.2, 0) is 0 Å². The SMILES string of the molecule is Cc1cc2nc3s/c(=C\c4ccc(-c5ccc(Cl)c(C(=O)[O-])c5)o4)c(=O)n3c2cc1C. The van der Waals surface area contributed by atoms with Crippen molar-refractivity contribution in [2.75, 3.05) is 0 Å². The summed E-state index contributed by atoms with van der Waals surface area (Å²) in [5.74, 6) is -0.436. The van der Waals surface area contributed by atoms with Gasteiger partial charge in [-0.15, -0.1) is 0 Å². The molecule has 0 fully saturated rings. The predicted octanol–water partition coefficient (Wildman–Crippen LogP) is 3.35. The van der Waals surface area contributed by atoms with Crippen molar-refractivity contribution >= 4 is 51.0 Å². The molecule has 154 valence electrons. The van der Waals surface area contributed by atoms with Gasteiger partial charge in [-0.05, 0) is 67.4 Å². The second kappa shape index (κ2) is 7.08. The standard InChI is InChI=1S/C23H15ClN2O4S/c1-11-7-17-18(8-12(11)2)26-21(27)20(31-23(26)25-17)10-14-4-6-19(30-14)13-3-5-16(24)15(9-13)22(28)29/h3-10H,1-2H3,(H,28,29)/p-1/b20-10-. The molecule has 0 amide bonds. The molecule has 0 saturated carbocycles. The second-order valence-corrected chi connectivity index (χ2v) is 8.67. The van der Waals surface area contributed by atoms with Crippen molar-refractivity contribution < 1.29 is 14.3 Å². The maximum atomic E-state index is 13.0. The van der Waals surface area contributed by atoms with Gasteiger partial charge in [-0.1, -0.05) is 22.9 Å². The molecular weight excluding hydrogens is 436 g/mol. The third-order valence-corrected chi connectivity index (χ3v) is 6.52. The summed E-state index contributed by atoms with van der Waals surface area (Å²) in [5, 5.41) is 11.3. The number of thiazole rings is 1. The highest BCUT2D eigenvalue weighted by molar-refractivity contribution is 7.15. The van der Waals surface area contributed by atoms with Crippen molar-refractivity contribution in [3.8, 4) is 11.3 Å². The number of carboxylic acid groups (broad SMARTS) is 1. The third kappa shape index (κ3) is 3.22. The van der Waals surface area contributed by atoms with E-state index in [2.05, 4.69) is 4.98 Å². The number of hydrogen-bond donors (Lipinski definition) is 0. The number of halogens is 1. The number of carboxylic acids is 1. The Morgan fingerprint density at radius 2 is 1.94 bits per heavy atom. The molecule has 6 nitrogen and oxygen atoms in total. The number of rotatable bonds is 3. The molecule has 31 heavy (non-hydrogen) atoms. The van der Waals surface area contributed by atoms with Crippen LogP contribution in [0.1, 0.15) is 27.2 Å². The van der Waals surface area contributed by atoms with Crippen molar-refractivity contribution in [1.29, 1.82) is 0 Å². The van der Waals surface area contributed by atoms with Crippen LogP contribution >= 0.6 is 22.9 Å². The Hall–Kier alpha value is -3.42. The van der Waals surface area contributed by atoms with Crippen molar-refractivity contribution in [1.82, 2.24) is 9.38 Å². The Morgan fingerprint density at radius 1 is 1.16 bits per heavy atom. The molecular formula is C23H14ClN2O4S-. The zero-order valence-corrected chi connectivity index (χ0v) is 18.0. The van der Waals surface area contributed by atoms with Crippen LogP contribution in [0.25, 0.3) is 33.4 Å². The van der Waals surface area contributed by atoms with E-state index in [0.717, 1.165) is 22.2 Å². The fraction of sp³-hybridized carbons (Fsp3) is 0.0870. The number of aryl methyl sites for hydroxylation is 2. The highest BCUT2D eigenvalue weighted by Crippen LogP contribution is 2.27. The number of aromatic nitrogens is 2. The van der Waals surface area contributed by atoms with Crippen molar-refractivity contribution in [2.24, 2.45) is 0 Å². The average molecular weight is 450 g/mol. The number of nitrogens with zero attached hydrogens (tertiary/aromatic N) is 2. The Morgan fingerprint density at radius 3 is 2.71 bits per heavy atom. The minimum absolute atomic E-state index is 0.0951. The van der Waals surface area contributed by atoms with E-state index in [9.17, 15) is 14.7 Å². The molecule has 0 atom stereocenters. The Balaban J connectivity index is 1.59. The number of carbonyl (C=O) groups is 1. The number of furan rings is 1. The molecule has 3 aromatic heterocycles. The van der Waals surface area contributed by atoms with Crippen molar-refractivity contribution in [3.63, 3.8) is 0 Å². The highest BCUT2D eigenvalue weighted by Gasteiger charge is 2.13. The number of aromatic carboxylic acids is 1. The molecule has 0 bridgehead atoms. The minimum atomic E-state index is -1.36.